The predicted molar refractivity (Wildman–Crippen MR) is 189 cm³/mol. The fourth-order valence-electron chi connectivity index (χ4n) is 12.8. The second kappa shape index (κ2) is 11.5. The van der Waals surface area contributed by atoms with Crippen LogP contribution in [0.5, 0.6) is 0 Å². The van der Waals surface area contributed by atoms with Crippen molar-refractivity contribution in [3.05, 3.63) is 90.5 Å². The minimum Gasteiger partial charge on any atom is -0.362 e. The van der Waals surface area contributed by atoms with Gasteiger partial charge in [-0.15, -0.1) is 0 Å². The maximum absolute atomic E-state index is 14.7. The van der Waals surface area contributed by atoms with E-state index in [1.54, 1.807) is 0 Å². The summed E-state index contributed by atoms with van der Waals surface area (Å²) in [5.74, 6) is 2.84. The molecule has 47 heavy (non-hydrogen) atoms. The molecule has 3 saturated heterocycles. The second-order valence-corrected chi connectivity index (χ2v) is 16.3. The molecule has 0 N–H and O–H groups in total. The van der Waals surface area contributed by atoms with Crippen LogP contribution >= 0.6 is 0 Å². The van der Waals surface area contributed by atoms with Crippen molar-refractivity contribution in [1.82, 2.24) is 9.80 Å². The molecule has 3 aromatic rings. The smallest absolute Gasteiger partial charge is 0.226 e. The Balaban J connectivity index is 1.08. The first-order valence-corrected chi connectivity index (χ1v) is 19.3. The highest BCUT2D eigenvalue weighted by molar-refractivity contribution is 5.82. The standard InChI is InChI=1S/C43H51N3O/c47-43-35-16-8-7-15-33(35)34-17-9-18-37-41(34)46(43)39-20-10-19-38-42(39)45(37)40-27-31(29-13-5-2-6-14-29)23-26-36(40)44(38)32-24-21-30(22-25-32)28-11-3-1-4-12-28/h1-6,11-14,21-22,24-25,31,33-42H,7-10,15-20,23,26-27H2. The lowest BCUT2D eigenvalue weighted by atomic mass is 9.58. The highest BCUT2D eigenvalue weighted by Gasteiger charge is 2.65. The predicted octanol–water partition coefficient (Wildman–Crippen LogP) is 8.67. The lowest BCUT2D eigenvalue weighted by molar-refractivity contribution is -0.199. The summed E-state index contributed by atoms with van der Waals surface area (Å²) in [7, 11) is 0. The molecule has 3 heterocycles. The van der Waals surface area contributed by atoms with Crippen molar-refractivity contribution in [2.24, 2.45) is 17.8 Å². The molecule has 0 radical (unpaired) electrons. The Bertz CT molecular complexity index is 1590. The number of carbonyl (C=O) groups excluding carboxylic acids is 1. The van der Waals surface area contributed by atoms with Crippen LogP contribution in [0.25, 0.3) is 11.1 Å². The Morgan fingerprint density at radius 1 is 0.489 bits per heavy atom. The molecule has 11 unspecified atom stereocenters. The lowest BCUT2D eigenvalue weighted by Gasteiger charge is -2.72. The maximum Gasteiger partial charge on any atom is 0.226 e. The van der Waals surface area contributed by atoms with E-state index in [1.807, 2.05) is 0 Å². The van der Waals surface area contributed by atoms with Crippen molar-refractivity contribution >= 4 is 11.6 Å². The number of nitrogens with zero attached hydrogens (tertiary/aromatic N) is 3. The average molecular weight is 626 g/mol. The normalized spacial score (nSPS) is 39.3. The van der Waals surface area contributed by atoms with Crippen LogP contribution in [0.15, 0.2) is 84.9 Å². The van der Waals surface area contributed by atoms with Crippen molar-refractivity contribution < 1.29 is 4.79 Å². The van der Waals surface area contributed by atoms with E-state index in [4.69, 9.17) is 0 Å². The molecule has 3 aromatic carbocycles. The maximum atomic E-state index is 14.7. The molecule has 4 nitrogen and oxygen atoms in total. The fraction of sp³-hybridized carbons (Fsp3) is 0.558. The molecule has 244 valence electrons. The van der Waals surface area contributed by atoms with Crippen molar-refractivity contribution in [3.63, 3.8) is 0 Å². The van der Waals surface area contributed by atoms with Gasteiger partial charge in [0.15, 0.2) is 0 Å². The first-order chi connectivity index (χ1) is 23.3. The summed E-state index contributed by atoms with van der Waals surface area (Å²) in [6.07, 6.45) is 16.4. The zero-order chi connectivity index (χ0) is 31.1. The zero-order valence-corrected chi connectivity index (χ0v) is 27.9. The molecule has 7 aliphatic rings. The van der Waals surface area contributed by atoms with Crippen LogP contribution in [0, 0.1) is 17.8 Å². The van der Waals surface area contributed by atoms with E-state index >= 15 is 0 Å². The van der Waals surface area contributed by atoms with Gasteiger partial charge in [-0.3, -0.25) is 9.69 Å². The van der Waals surface area contributed by atoms with E-state index in [9.17, 15) is 4.79 Å². The van der Waals surface area contributed by atoms with Gasteiger partial charge in [-0.2, -0.15) is 0 Å². The Hall–Kier alpha value is -3.11. The summed E-state index contributed by atoms with van der Waals surface area (Å²) >= 11 is 0. The lowest BCUT2D eigenvalue weighted by Crippen LogP contribution is -2.84. The number of piperidine rings is 1. The molecule has 4 saturated carbocycles. The van der Waals surface area contributed by atoms with Crippen molar-refractivity contribution in [2.75, 3.05) is 4.90 Å². The number of benzene rings is 3. The topological polar surface area (TPSA) is 26.8 Å². The van der Waals surface area contributed by atoms with E-state index in [-0.39, 0.29) is 0 Å². The number of carbonyl (C=O) groups is 1. The summed E-state index contributed by atoms with van der Waals surface area (Å²) in [5, 5.41) is 0. The molecular weight excluding hydrogens is 574 g/mol. The van der Waals surface area contributed by atoms with Crippen LogP contribution in [0.2, 0.25) is 0 Å². The van der Waals surface area contributed by atoms with E-state index < -0.39 is 0 Å². The van der Waals surface area contributed by atoms with Crippen LogP contribution in [-0.4, -0.2) is 58.0 Å². The van der Waals surface area contributed by atoms with E-state index in [1.165, 1.54) is 99.4 Å². The number of amides is 1. The van der Waals surface area contributed by atoms with Crippen molar-refractivity contribution in [1.29, 1.82) is 0 Å². The third kappa shape index (κ3) is 4.45. The largest absolute Gasteiger partial charge is 0.362 e. The van der Waals surface area contributed by atoms with Gasteiger partial charge in [0.25, 0.3) is 0 Å². The molecule has 7 fully saturated rings. The molecule has 3 aliphatic heterocycles. The number of rotatable bonds is 3. The fourth-order valence-corrected chi connectivity index (χ4v) is 12.8. The van der Waals surface area contributed by atoms with Crippen molar-refractivity contribution in [2.45, 2.75) is 132 Å². The monoisotopic (exact) mass is 625 g/mol. The van der Waals surface area contributed by atoms with E-state index in [0.29, 0.717) is 71.9 Å². The van der Waals surface area contributed by atoms with Gasteiger partial charge in [0.2, 0.25) is 5.91 Å². The third-order valence-electron chi connectivity index (χ3n) is 14.4. The van der Waals surface area contributed by atoms with Crippen molar-refractivity contribution in [3.8, 4) is 11.1 Å². The summed E-state index contributed by atoms with van der Waals surface area (Å²) in [5.41, 5.74) is 5.53. The number of piperazine rings is 2. The molecule has 0 spiro atoms. The molecule has 11 atom stereocenters. The molecule has 0 aromatic heterocycles. The quantitative estimate of drug-likeness (QED) is 0.291. The van der Waals surface area contributed by atoms with Crippen LogP contribution < -0.4 is 4.90 Å². The highest BCUT2D eigenvalue weighted by Crippen LogP contribution is 2.57. The number of fused-ring (bicyclic) bond motifs is 6. The average Bonchev–Trinajstić information content (AvgIpc) is 3.15. The molecule has 4 aliphatic carbocycles. The van der Waals surface area contributed by atoms with Gasteiger partial charge in [0.1, 0.15) is 0 Å². The number of anilines is 1. The van der Waals surface area contributed by atoms with Crippen LogP contribution in [0.4, 0.5) is 5.69 Å². The van der Waals surface area contributed by atoms with Gasteiger partial charge < -0.3 is 9.80 Å². The van der Waals surface area contributed by atoms with Crippen LogP contribution in [-0.2, 0) is 4.79 Å². The highest BCUT2D eigenvalue weighted by atomic mass is 16.2. The molecule has 0 bridgehead atoms. The Morgan fingerprint density at radius 2 is 1.15 bits per heavy atom. The Kier molecular flexibility index (Phi) is 7.06. The molecule has 1 amide bonds. The third-order valence-corrected chi connectivity index (χ3v) is 14.4. The van der Waals surface area contributed by atoms with E-state index in [0.717, 1.165) is 6.42 Å². The SMILES string of the molecule is O=C1C2CCCCC2C2CCCC3C2N1C1CCCC2C1N3C1CC(c3ccccc3)CCC1N2c1ccc(-c2ccccc2)cc1. The second-order valence-electron chi connectivity index (χ2n) is 16.3. The van der Waals surface area contributed by atoms with Gasteiger partial charge in [0.05, 0.1) is 12.1 Å². The van der Waals surface area contributed by atoms with Gasteiger partial charge in [-0.1, -0.05) is 92.1 Å². The minimum atomic E-state index is 0.297. The first-order valence-electron chi connectivity index (χ1n) is 19.3. The van der Waals surface area contributed by atoms with Gasteiger partial charge >= 0.3 is 0 Å². The summed E-state index contributed by atoms with van der Waals surface area (Å²) in [6.45, 7) is 0. The summed E-state index contributed by atoms with van der Waals surface area (Å²) in [6, 6.07) is 35.2. The van der Waals surface area contributed by atoms with Gasteiger partial charge in [0, 0.05) is 41.8 Å². The van der Waals surface area contributed by atoms with E-state index in [2.05, 4.69) is 99.6 Å². The minimum absolute atomic E-state index is 0.297. The van der Waals surface area contributed by atoms with Gasteiger partial charge in [-0.05, 0) is 111 Å². The first kappa shape index (κ1) is 28.9. The van der Waals surface area contributed by atoms with Crippen LogP contribution in [0.1, 0.15) is 95.0 Å². The zero-order valence-electron chi connectivity index (χ0n) is 27.9. The van der Waals surface area contributed by atoms with Crippen LogP contribution in [0.3, 0.4) is 0 Å². The Labute approximate surface area is 281 Å². The van der Waals surface area contributed by atoms with Gasteiger partial charge in [-0.25, -0.2) is 0 Å². The summed E-state index contributed by atoms with van der Waals surface area (Å²) < 4.78 is 0. The summed E-state index contributed by atoms with van der Waals surface area (Å²) in [4.78, 5) is 23.5. The Morgan fingerprint density at radius 3 is 1.96 bits per heavy atom. The number of hydrogen-bond donors (Lipinski definition) is 0. The number of hydrogen-bond acceptors (Lipinski definition) is 3. The molecule has 4 heteroatoms. The molecular formula is C43H51N3O. The molecule has 10 rings (SSSR count).